The van der Waals surface area contributed by atoms with E-state index in [-0.39, 0.29) is 0 Å². The van der Waals surface area contributed by atoms with Crippen LogP contribution in [0.4, 0.5) is 23.7 Å². The Hall–Kier alpha value is -3.03. The van der Waals surface area contributed by atoms with E-state index in [0.29, 0.717) is 16.8 Å². The number of primary amides is 1. The number of alkyl halides is 3. The summed E-state index contributed by atoms with van der Waals surface area (Å²) in [6.07, 6.45) is -4.44. The zero-order valence-corrected chi connectivity index (χ0v) is 13.2. The molecule has 0 radical (unpaired) electrons. The number of urea groups is 1. The molecule has 4 N–H and O–H groups in total. The minimum Gasteiger partial charge on any atom is -0.351 e. The number of nitrogens with one attached hydrogen (secondary N) is 2. The molecule has 5 nitrogen and oxygen atoms in total. The van der Waals surface area contributed by atoms with Crippen molar-refractivity contribution in [3.63, 3.8) is 0 Å². The Balaban J connectivity index is 2.08. The Morgan fingerprint density at radius 3 is 2.28 bits per heavy atom. The van der Waals surface area contributed by atoms with Crippen molar-refractivity contribution in [2.24, 2.45) is 5.73 Å². The van der Waals surface area contributed by atoms with Crippen LogP contribution in [0, 0.1) is 0 Å². The average molecular weight is 351 g/mol. The number of anilines is 1. The second-order valence-electron chi connectivity index (χ2n) is 5.38. The molecular formula is C17H16F3N3O2. The van der Waals surface area contributed by atoms with Gasteiger partial charge in [-0.25, -0.2) is 4.79 Å². The van der Waals surface area contributed by atoms with E-state index in [4.69, 9.17) is 5.73 Å². The maximum absolute atomic E-state index is 12.8. The second-order valence-corrected chi connectivity index (χ2v) is 5.38. The average Bonchev–Trinajstić information content (AvgIpc) is 2.54. The SMILES string of the molecule is C[C@H](NC(=O)c1ccc(NC(N)=O)cc1)c1cccc(C(F)(F)F)c1. The lowest BCUT2D eigenvalue weighted by Gasteiger charge is -2.16. The molecule has 2 aromatic carbocycles. The van der Waals surface area contributed by atoms with Crippen molar-refractivity contribution in [1.29, 1.82) is 0 Å². The monoisotopic (exact) mass is 351 g/mol. The number of carbonyl (C=O) groups is 2. The predicted molar refractivity (Wildman–Crippen MR) is 87.0 cm³/mol. The highest BCUT2D eigenvalue weighted by Gasteiger charge is 2.30. The summed E-state index contributed by atoms with van der Waals surface area (Å²) in [5.41, 5.74) is 5.28. The molecule has 0 aromatic heterocycles. The Morgan fingerprint density at radius 2 is 1.72 bits per heavy atom. The van der Waals surface area contributed by atoms with E-state index in [1.165, 1.54) is 36.4 Å². The Bertz CT molecular complexity index is 773. The zero-order chi connectivity index (χ0) is 18.6. The molecule has 25 heavy (non-hydrogen) atoms. The van der Waals surface area contributed by atoms with Crippen molar-refractivity contribution >= 4 is 17.6 Å². The Kier molecular flexibility index (Phi) is 5.31. The molecule has 0 aliphatic heterocycles. The van der Waals surface area contributed by atoms with Gasteiger partial charge in [0.2, 0.25) is 0 Å². The standard InChI is InChI=1S/C17H16F3N3O2/c1-10(12-3-2-4-13(9-12)17(18,19)20)22-15(24)11-5-7-14(8-6-11)23-16(21)25/h2-10H,1H3,(H,22,24)(H3,21,23,25)/t10-/m0/s1. The highest BCUT2D eigenvalue weighted by Crippen LogP contribution is 2.30. The lowest BCUT2D eigenvalue weighted by atomic mass is 10.0. The summed E-state index contributed by atoms with van der Waals surface area (Å²) in [5.74, 6) is -0.449. The molecule has 8 heteroatoms. The van der Waals surface area contributed by atoms with Gasteiger partial charge in [-0.05, 0) is 48.9 Å². The molecule has 0 saturated carbocycles. The number of nitrogens with two attached hydrogens (primary N) is 1. The van der Waals surface area contributed by atoms with Crippen LogP contribution in [0.5, 0.6) is 0 Å². The van der Waals surface area contributed by atoms with Crippen molar-refractivity contribution in [2.45, 2.75) is 19.1 Å². The summed E-state index contributed by atoms with van der Waals surface area (Å²) in [4.78, 5) is 22.9. The molecule has 0 heterocycles. The smallest absolute Gasteiger partial charge is 0.351 e. The number of amides is 3. The van der Waals surface area contributed by atoms with E-state index in [1.54, 1.807) is 6.92 Å². The van der Waals surface area contributed by atoms with Gasteiger partial charge in [0.15, 0.2) is 0 Å². The molecule has 0 aliphatic carbocycles. The Morgan fingerprint density at radius 1 is 1.08 bits per heavy atom. The van der Waals surface area contributed by atoms with Gasteiger partial charge in [-0.2, -0.15) is 13.2 Å². The van der Waals surface area contributed by atoms with Crippen LogP contribution in [0.1, 0.15) is 34.5 Å². The van der Waals surface area contributed by atoms with E-state index in [2.05, 4.69) is 10.6 Å². The van der Waals surface area contributed by atoms with Crippen LogP contribution in [-0.2, 0) is 6.18 Å². The van der Waals surface area contributed by atoms with Gasteiger partial charge in [-0.1, -0.05) is 12.1 Å². The van der Waals surface area contributed by atoms with E-state index in [0.717, 1.165) is 12.1 Å². The van der Waals surface area contributed by atoms with Gasteiger partial charge in [-0.15, -0.1) is 0 Å². The molecule has 0 unspecified atom stereocenters. The van der Waals surface area contributed by atoms with Gasteiger partial charge in [0.05, 0.1) is 11.6 Å². The molecule has 0 spiro atoms. The molecule has 132 valence electrons. The first-order valence-electron chi connectivity index (χ1n) is 7.31. The van der Waals surface area contributed by atoms with E-state index in [1.807, 2.05) is 0 Å². The van der Waals surface area contributed by atoms with E-state index < -0.39 is 29.7 Å². The first-order valence-corrected chi connectivity index (χ1v) is 7.31. The Labute approximate surface area is 142 Å². The normalized spacial score (nSPS) is 12.3. The third-order valence-electron chi connectivity index (χ3n) is 3.48. The topological polar surface area (TPSA) is 84.2 Å². The molecular weight excluding hydrogens is 335 g/mol. The third-order valence-corrected chi connectivity index (χ3v) is 3.48. The molecule has 2 aromatic rings. The summed E-state index contributed by atoms with van der Waals surface area (Å²) < 4.78 is 38.3. The number of hydrogen-bond acceptors (Lipinski definition) is 2. The van der Waals surface area contributed by atoms with Gasteiger partial charge < -0.3 is 16.4 Å². The molecule has 3 amide bonds. The predicted octanol–water partition coefficient (Wildman–Crippen LogP) is 3.69. The summed E-state index contributed by atoms with van der Waals surface area (Å²) in [6.45, 7) is 1.59. The molecule has 1 atom stereocenters. The van der Waals surface area contributed by atoms with Crippen molar-refractivity contribution in [3.05, 3.63) is 65.2 Å². The molecule has 0 aliphatic rings. The van der Waals surface area contributed by atoms with E-state index >= 15 is 0 Å². The molecule has 0 fully saturated rings. The van der Waals surface area contributed by atoms with E-state index in [9.17, 15) is 22.8 Å². The molecule has 2 rings (SSSR count). The van der Waals surface area contributed by atoms with Gasteiger partial charge >= 0.3 is 12.2 Å². The van der Waals surface area contributed by atoms with Crippen LogP contribution in [0.15, 0.2) is 48.5 Å². The number of benzene rings is 2. The van der Waals surface area contributed by atoms with Crippen molar-refractivity contribution in [1.82, 2.24) is 5.32 Å². The number of rotatable bonds is 4. The number of hydrogen-bond donors (Lipinski definition) is 3. The first-order chi connectivity index (χ1) is 11.7. The number of carbonyl (C=O) groups excluding carboxylic acids is 2. The lowest BCUT2D eigenvalue weighted by molar-refractivity contribution is -0.137. The summed E-state index contributed by atoms with van der Waals surface area (Å²) in [7, 11) is 0. The first kappa shape index (κ1) is 18.3. The molecule has 0 bridgehead atoms. The zero-order valence-electron chi connectivity index (χ0n) is 13.2. The maximum Gasteiger partial charge on any atom is 0.416 e. The fourth-order valence-corrected chi connectivity index (χ4v) is 2.19. The lowest BCUT2D eigenvalue weighted by Crippen LogP contribution is -2.27. The van der Waals surface area contributed by atoms with Crippen molar-refractivity contribution in [3.8, 4) is 0 Å². The summed E-state index contributed by atoms with van der Waals surface area (Å²) >= 11 is 0. The van der Waals surface area contributed by atoms with Crippen LogP contribution >= 0.6 is 0 Å². The van der Waals surface area contributed by atoms with Gasteiger partial charge in [0, 0.05) is 11.3 Å². The largest absolute Gasteiger partial charge is 0.416 e. The van der Waals surface area contributed by atoms with Gasteiger partial charge in [0.1, 0.15) is 0 Å². The van der Waals surface area contributed by atoms with Crippen molar-refractivity contribution < 1.29 is 22.8 Å². The maximum atomic E-state index is 12.8. The molecule has 0 saturated heterocycles. The van der Waals surface area contributed by atoms with Gasteiger partial charge in [-0.3, -0.25) is 4.79 Å². The van der Waals surface area contributed by atoms with Crippen LogP contribution in [0.3, 0.4) is 0 Å². The van der Waals surface area contributed by atoms with Crippen LogP contribution in [-0.4, -0.2) is 11.9 Å². The van der Waals surface area contributed by atoms with Gasteiger partial charge in [0.25, 0.3) is 5.91 Å². The number of halogens is 3. The third kappa shape index (κ3) is 4.97. The second kappa shape index (κ2) is 7.25. The minimum absolute atomic E-state index is 0.300. The fourth-order valence-electron chi connectivity index (χ4n) is 2.19. The fraction of sp³-hybridized carbons (Fsp3) is 0.176. The minimum atomic E-state index is -4.44. The summed E-state index contributed by atoms with van der Waals surface area (Å²) in [5, 5.41) is 4.99. The quantitative estimate of drug-likeness (QED) is 0.785. The van der Waals surface area contributed by atoms with Crippen LogP contribution in [0.25, 0.3) is 0 Å². The van der Waals surface area contributed by atoms with Crippen LogP contribution < -0.4 is 16.4 Å². The highest BCUT2D eigenvalue weighted by atomic mass is 19.4. The summed E-state index contributed by atoms with van der Waals surface area (Å²) in [6, 6.07) is 9.38. The van der Waals surface area contributed by atoms with Crippen molar-refractivity contribution in [2.75, 3.05) is 5.32 Å². The highest BCUT2D eigenvalue weighted by molar-refractivity contribution is 5.95. The van der Waals surface area contributed by atoms with Crippen LogP contribution in [0.2, 0.25) is 0 Å².